The summed E-state index contributed by atoms with van der Waals surface area (Å²) in [6.45, 7) is 2.23. The van der Waals surface area contributed by atoms with Crippen LogP contribution in [0.3, 0.4) is 0 Å². The van der Waals surface area contributed by atoms with E-state index in [-0.39, 0.29) is 17.7 Å². The number of carbonyl (C=O) groups excluding carboxylic acids is 1. The number of rotatable bonds is 5. The summed E-state index contributed by atoms with van der Waals surface area (Å²) in [4.78, 5) is 12.1. The van der Waals surface area contributed by atoms with Crippen LogP contribution in [-0.4, -0.2) is 23.1 Å². The fraction of sp³-hybridized carbons (Fsp3) is 0.588. The second kappa shape index (κ2) is 7.46. The molecule has 0 heterocycles. The Labute approximate surface area is 126 Å². The van der Waals surface area contributed by atoms with Gasteiger partial charge in [-0.2, -0.15) is 0 Å². The SMILES string of the molecule is CCC1CCC(NC(=O)[C@H](N)Cc2ccc(O)cc2)CC1. The minimum Gasteiger partial charge on any atom is -0.508 e. The highest BCUT2D eigenvalue weighted by molar-refractivity contribution is 5.82. The van der Waals surface area contributed by atoms with Crippen LogP contribution in [0.1, 0.15) is 44.6 Å². The molecule has 4 heteroatoms. The van der Waals surface area contributed by atoms with E-state index < -0.39 is 6.04 Å². The number of phenols is 1. The Kier molecular flexibility index (Phi) is 5.62. The molecule has 0 saturated heterocycles. The minimum atomic E-state index is -0.529. The summed E-state index contributed by atoms with van der Waals surface area (Å²) in [7, 11) is 0. The number of amides is 1. The summed E-state index contributed by atoms with van der Waals surface area (Å²) in [5, 5.41) is 12.3. The molecule has 1 aromatic carbocycles. The van der Waals surface area contributed by atoms with Crippen LogP contribution >= 0.6 is 0 Å². The van der Waals surface area contributed by atoms with Crippen molar-refractivity contribution in [2.75, 3.05) is 0 Å². The molecule has 21 heavy (non-hydrogen) atoms. The number of benzene rings is 1. The zero-order valence-corrected chi connectivity index (χ0v) is 12.7. The van der Waals surface area contributed by atoms with Crippen molar-refractivity contribution in [1.29, 1.82) is 0 Å². The highest BCUT2D eigenvalue weighted by atomic mass is 16.3. The molecule has 4 N–H and O–H groups in total. The van der Waals surface area contributed by atoms with Crippen molar-refractivity contribution in [3.63, 3.8) is 0 Å². The molecule has 1 fully saturated rings. The second-order valence-corrected chi connectivity index (χ2v) is 6.11. The Balaban J connectivity index is 1.78. The summed E-state index contributed by atoms with van der Waals surface area (Å²) in [6, 6.07) is 6.59. The molecular formula is C17H26N2O2. The van der Waals surface area contributed by atoms with E-state index in [1.165, 1.54) is 19.3 Å². The highest BCUT2D eigenvalue weighted by Gasteiger charge is 2.23. The number of hydrogen-bond donors (Lipinski definition) is 3. The molecule has 0 aromatic heterocycles. The van der Waals surface area contributed by atoms with Crippen molar-refractivity contribution in [3.8, 4) is 5.75 Å². The van der Waals surface area contributed by atoms with Gasteiger partial charge in [0.1, 0.15) is 5.75 Å². The topological polar surface area (TPSA) is 75.4 Å². The van der Waals surface area contributed by atoms with E-state index in [1.807, 2.05) is 0 Å². The average molecular weight is 290 g/mol. The lowest BCUT2D eigenvalue weighted by atomic mass is 9.84. The van der Waals surface area contributed by atoms with Gasteiger partial charge in [0, 0.05) is 6.04 Å². The van der Waals surface area contributed by atoms with E-state index in [1.54, 1.807) is 24.3 Å². The van der Waals surface area contributed by atoms with Crippen LogP contribution in [0.2, 0.25) is 0 Å². The lowest BCUT2D eigenvalue weighted by molar-refractivity contribution is -0.123. The van der Waals surface area contributed by atoms with Gasteiger partial charge in [-0.3, -0.25) is 4.79 Å². The van der Waals surface area contributed by atoms with Gasteiger partial charge in [-0.1, -0.05) is 25.5 Å². The minimum absolute atomic E-state index is 0.0666. The molecule has 1 amide bonds. The van der Waals surface area contributed by atoms with Crippen molar-refractivity contribution >= 4 is 5.91 Å². The van der Waals surface area contributed by atoms with E-state index in [9.17, 15) is 9.90 Å². The monoisotopic (exact) mass is 290 g/mol. The molecule has 1 aromatic rings. The van der Waals surface area contributed by atoms with E-state index >= 15 is 0 Å². The standard InChI is InChI=1S/C17H26N2O2/c1-2-12-3-7-14(8-4-12)19-17(21)16(18)11-13-5-9-15(20)10-6-13/h5-6,9-10,12,14,16,20H,2-4,7-8,11,18H2,1H3,(H,19,21)/t12?,14?,16-/m1/s1. The van der Waals surface area contributed by atoms with Crippen LogP contribution in [0.4, 0.5) is 0 Å². The van der Waals surface area contributed by atoms with Gasteiger partial charge in [0.15, 0.2) is 0 Å². The Morgan fingerprint density at radius 3 is 2.48 bits per heavy atom. The number of phenolic OH excluding ortho intramolecular Hbond substituents is 1. The van der Waals surface area contributed by atoms with Gasteiger partial charge in [0.25, 0.3) is 0 Å². The molecule has 116 valence electrons. The average Bonchev–Trinajstić information content (AvgIpc) is 2.50. The Hall–Kier alpha value is -1.55. The zero-order chi connectivity index (χ0) is 15.2. The first kappa shape index (κ1) is 15.8. The highest BCUT2D eigenvalue weighted by Crippen LogP contribution is 2.26. The van der Waals surface area contributed by atoms with Gasteiger partial charge in [-0.25, -0.2) is 0 Å². The van der Waals surface area contributed by atoms with Gasteiger partial charge >= 0.3 is 0 Å². The molecule has 0 bridgehead atoms. The maximum atomic E-state index is 12.1. The predicted molar refractivity (Wildman–Crippen MR) is 84.0 cm³/mol. The van der Waals surface area contributed by atoms with Crippen molar-refractivity contribution in [1.82, 2.24) is 5.32 Å². The van der Waals surface area contributed by atoms with E-state index in [0.29, 0.717) is 6.42 Å². The Morgan fingerprint density at radius 1 is 1.29 bits per heavy atom. The third-order valence-corrected chi connectivity index (χ3v) is 4.50. The third kappa shape index (κ3) is 4.74. The molecule has 1 atom stereocenters. The smallest absolute Gasteiger partial charge is 0.237 e. The summed E-state index contributed by atoms with van der Waals surface area (Å²) < 4.78 is 0. The van der Waals surface area contributed by atoms with Crippen molar-refractivity contribution in [3.05, 3.63) is 29.8 Å². The maximum Gasteiger partial charge on any atom is 0.237 e. The van der Waals surface area contributed by atoms with Gasteiger partial charge in [0.05, 0.1) is 6.04 Å². The molecule has 0 unspecified atom stereocenters. The lowest BCUT2D eigenvalue weighted by Crippen LogP contribution is -2.47. The number of carbonyl (C=O) groups is 1. The summed E-state index contributed by atoms with van der Waals surface area (Å²) >= 11 is 0. The normalized spacial score (nSPS) is 23.5. The molecule has 1 saturated carbocycles. The van der Waals surface area contributed by atoms with Crippen LogP contribution in [-0.2, 0) is 11.2 Å². The number of nitrogens with one attached hydrogen (secondary N) is 1. The van der Waals surface area contributed by atoms with Gasteiger partial charge in [0.2, 0.25) is 5.91 Å². The van der Waals surface area contributed by atoms with Crippen molar-refractivity contribution in [2.45, 2.75) is 57.5 Å². The maximum absolute atomic E-state index is 12.1. The van der Waals surface area contributed by atoms with Gasteiger partial charge in [-0.15, -0.1) is 0 Å². The molecule has 2 rings (SSSR count). The first-order valence-corrected chi connectivity index (χ1v) is 7.92. The Morgan fingerprint density at radius 2 is 1.90 bits per heavy atom. The fourth-order valence-electron chi connectivity index (χ4n) is 3.00. The number of nitrogens with two attached hydrogens (primary N) is 1. The first-order chi connectivity index (χ1) is 10.1. The predicted octanol–water partition coefficient (Wildman–Crippen LogP) is 2.35. The number of hydrogen-bond acceptors (Lipinski definition) is 3. The van der Waals surface area contributed by atoms with Crippen LogP contribution in [0, 0.1) is 5.92 Å². The molecule has 0 aliphatic heterocycles. The van der Waals surface area contributed by atoms with Crippen LogP contribution in [0.25, 0.3) is 0 Å². The van der Waals surface area contributed by atoms with E-state index in [0.717, 1.165) is 24.3 Å². The van der Waals surface area contributed by atoms with Gasteiger partial charge < -0.3 is 16.2 Å². The quantitative estimate of drug-likeness (QED) is 0.779. The second-order valence-electron chi connectivity index (χ2n) is 6.11. The third-order valence-electron chi connectivity index (χ3n) is 4.50. The van der Waals surface area contributed by atoms with E-state index in [2.05, 4.69) is 12.2 Å². The molecular weight excluding hydrogens is 264 g/mol. The largest absolute Gasteiger partial charge is 0.508 e. The summed E-state index contributed by atoms with van der Waals surface area (Å²) in [6.07, 6.45) is 6.27. The fourth-order valence-corrected chi connectivity index (χ4v) is 3.00. The van der Waals surface area contributed by atoms with Crippen molar-refractivity contribution in [2.24, 2.45) is 11.7 Å². The van der Waals surface area contributed by atoms with Crippen molar-refractivity contribution < 1.29 is 9.90 Å². The molecule has 0 radical (unpaired) electrons. The molecule has 4 nitrogen and oxygen atoms in total. The van der Waals surface area contributed by atoms with Crippen LogP contribution in [0.5, 0.6) is 5.75 Å². The first-order valence-electron chi connectivity index (χ1n) is 7.92. The molecule has 0 spiro atoms. The molecule has 1 aliphatic rings. The van der Waals surface area contributed by atoms with Gasteiger partial charge in [-0.05, 0) is 55.7 Å². The van der Waals surface area contributed by atoms with Crippen LogP contribution < -0.4 is 11.1 Å². The number of aromatic hydroxyl groups is 1. The molecule has 1 aliphatic carbocycles. The van der Waals surface area contributed by atoms with E-state index in [4.69, 9.17) is 5.73 Å². The zero-order valence-electron chi connectivity index (χ0n) is 12.7. The lowest BCUT2D eigenvalue weighted by Gasteiger charge is -2.29. The summed E-state index contributed by atoms with van der Waals surface area (Å²) in [5.74, 6) is 0.983. The van der Waals surface area contributed by atoms with Crippen LogP contribution in [0.15, 0.2) is 24.3 Å². The Bertz CT molecular complexity index is 450. The summed E-state index contributed by atoms with van der Waals surface area (Å²) in [5.41, 5.74) is 6.95.